The number of fused-ring (bicyclic) bond motifs is 1. The zero-order valence-electron chi connectivity index (χ0n) is 15.2. The minimum Gasteiger partial charge on any atom is -0.298 e. The fourth-order valence-corrected chi connectivity index (χ4v) is 2.69. The van der Waals surface area contributed by atoms with Crippen molar-refractivity contribution < 1.29 is 9.00 Å². The van der Waals surface area contributed by atoms with Crippen molar-refractivity contribution in [3.8, 4) is 23.6 Å². The zero-order chi connectivity index (χ0) is 19.6. The third-order valence-electron chi connectivity index (χ3n) is 4.26. The van der Waals surface area contributed by atoms with Crippen LogP contribution in [0.2, 0.25) is 0 Å². The number of aromatic nitrogens is 2. The van der Waals surface area contributed by atoms with Gasteiger partial charge in [0.05, 0.1) is 17.3 Å². The van der Waals surface area contributed by atoms with E-state index in [-0.39, 0.29) is 0 Å². The van der Waals surface area contributed by atoms with Crippen molar-refractivity contribution in [2.45, 2.75) is 18.6 Å². The van der Waals surface area contributed by atoms with Crippen molar-refractivity contribution >= 4 is 28.1 Å². The molecule has 0 saturated carbocycles. The van der Waals surface area contributed by atoms with Gasteiger partial charge < -0.3 is 0 Å². The molecule has 2 aromatic heterocycles. The molecule has 0 aliphatic heterocycles. The minimum atomic E-state index is -1.11. The highest BCUT2D eigenvalue weighted by molar-refractivity contribution is 7.85. The number of nitrogens with zero attached hydrogens (tertiary/aromatic N) is 3. The van der Waals surface area contributed by atoms with Gasteiger partial charge >= 0.3 is 0 Å². The first-order chi connectivity index (χ1) is 12.9. The molecule has 3 aromatic rings. The van der Waals surface area contributed by atoms with Gasteiger partial charge in [0, 0.05) is 39.9 Å². The highest BCUT2D eigenvalue weighted by Crippen LogP contribution is 2.24. The molecule has 0 amide bonds. The second kappa shape index (κ2) is 7.19. The van der Waals surface area contributed by atoms with Crippen LogP contribution < -0.4 is 0 Å². The van der Waals surface area contributed by atoms with E-state index in [0.29, 0.717) is 22.5 Å². The summed E-state index contributed by atoms with van der Waals surface area (Å²) in [5.41, 5.74) is 3.17. The molecule has 0 saturated heterocycles. The van der Waals surface area contributed by atoms with Gasteiger partial charge in [-0.2, -0.15) is 5.26 Å². The van der Waals surface area contributed by atoms with E-state index in [1.54, 1.807) is 24.5 Å². The molecule has 134 valence electrons. The van der Waals surface area contributed by atoms with Crippen molar-refractivity contribution in [1.82, 2.24) is 9.55 Å². The Kier molecular flexibility index (Phi) is 4.94. The summed E-state index contributed by atoms with van der Waals surface area (Å²) in [6.07, 6.45) is 3.89. The quantitative estimate of drug-likeness (QED) is 0.520. The van der Waals surface area contributed by atoms with Crippen molar-refractivity contribution in [3.05, 3.63) is 59.4 Å². The Bertz CT molecular complexity index is 1160. The summed E-state index contributed by atoms with van der Waals surface area (Å²) < 4.78 is 13.1. The molecule has 0 fully saturated rings. The van der Waals surface area contributed by atoms with Crippen LogP contribution in [0.4, 0.5) is 0 Å². The third kappa shape index (κ3) is 3.67. The predicted molar refractivity (Wildman–Crippen MR) is 106 cm³/mol. The average molecular weight is 375 g/mol. The van der Waals surface area contributed by atoms with Gasteiger partial charge in [0.25, 0.3) is 0 Å². The van der Waals surface area contributed by atoms with E-state index in [4.69, 9.17) is 5.26 Å². The third-order valence-corrected chi connectivity index (χ3v) is 5.80. The Morgan fingerprint density at radius 2 is 1.93 bits per heavy atom. The molecule has 1 unspecified atom stereocenters. The molecule has 0 aliphatic rings. The first-order valence-electron chi connectivity index (χ1n) is 8.19. The van der Waals surface area contributed by atoms with Crippen LogP contribution in [0.15, 0.2) is 42.6 Å². The highest BCUT2D eigenvalue weighted by atomic mass is 32.2. The first kappa shape index (κ1) is 18.6. The SMILES string of the molecule is CS(=O)C(C)(C)C#Cc1cc2cc(C=O)cnc2n1-c1ccc(C#N)cc1. The lowest BCUT2D eigenvalue weighted by molar-refractivity contribution is 0.112. The summed E-state index contributed by atoms with van der Waals surface area (Å²) >= 11 is 0. The number of aldehydes is 1. The van der Waals surface area contributed by atoms with Gasteiger partial charge in [-0.3, -0.25) is 13.6 Å². The molecule has 1 aromatic carbocycles. The molecule has 2 heterocycles. The Labute approximate surface area is 160 Å². The van der Waals surface area contributed by atoms with Crippen LogP contribution in [0.3, 0.4) is 0 Å². The van der Waals surface area contributed by atoms with E-state index in [1.807, 2.05) is 36.6 Å². The minimum absolute atomic E-state index is 0.481. The summed E-state index contributed by atoms with van der Waals surface area (Å²) in [7, 11) is -1.11. The summed E-state index contributed by atoms with van der Waals surface area (Å²) in [4.78, 5) is 15.5. The van der Waals surface area contributed by atoms with Crippen molar-refractivity contribution in [2.75, 3.05) is 6.26 Å². The molecule has 1 atom stereocenters. The summed E-state index contributed by atoms with van der Waals surface area (Å²) in [5, 5.41) is 9.80. The number of rotatable bonds is 3. The van der Waals surface area contributed by atoms with Crippen LogP contribution >= 0.6 is 0 Å². The van der Waals surface area contributed by atoms with E-state index in [0.717, 1.165) is 17.4 Å². The van der Waals surface area contributed by atoms with Crippen LogP contribution in [0, 0.1) is 23.2 Å². The lowest BCUT2D eigenvalue weighted by Crippen LogP contribution is -2.23. The standard InChI is InChI=1S/C21H17N3O2S/c1-21(2,27(3)26)9-8-19-11-17-10-16(14-25)13-23-20(17)24(19)18-6-4-15(12-22)5-7-18/h4-7,10-11,13-14H,1-3H3. The van der Waals surface area contributed by atoms with E-state index in [1.165, 1.54) is 6.20 Å². The first-order valence-corrected chi connectivity index (χ1v) is 9.75. The van der Waals surface area contributed by atoms with E-state index < -0.39 is 15.5 Å². The van der Waals surface area contributed by atoms with Crippen molar-refractivity contribution in [2.24, 2.45) is 0 Å². The molecule has 0 aliphatic carbocycles. The lowest BCUT2D eigenvalue weighted by Gasteiger charge is -2.13. The largest absolute Gasteiger partial charge is 0.298 e. The van der Waals surface area contributed by atoms with E-state index in [2.05, 4.69) is 22.9 Å². The highest BCUT2D eigenvalue weighted by Gasteiger charge is 2.19. The summed E-state index contributed by atoms with van der Waals surface area (Å²) in [6.45, 7) is 3.65. The fourth-order valence-electron chi connectivity index (χ4n) is 2.50. The topological polar surface area (TPSA) is 75.8 Å². The van der Waals surface area contributed by atoms with Gasteiger partial charge in [-0.15, -0.1) is 0 Å². The molecule has 0 radical (unpaired) electrons. The molecular formula is C21H17N3O2S. The average Bonchev–Trinajstić information content (AvgIpc) is 3.03. The van der Waals surface area contributed by atoms with Crippen LogP contribution in [0.1, 0.15) is 35.5 Å². The van der Waals surface area contributed by atoms with E-state index >= 15 is 0 Å². The van der Waals surface area contributed by atoms with Gasteiger partial charge in [-0.25, -0.2) is 4.98 Å². The molecule has 6 heteroatoms. The van der Waals surface area contributed by atoms with Crippen LogP contribution in [0.5, 0.6) is 0 Å². The summed E-state index contributed by atoms with van der Waals surface area (Å²) in [6, 6.07) is 12.8. The summed E-state index contributed by atoms with van der Waals surface area (Å²) in [5.74, 6) is 6.19. The lowest BCUT2D eigenvalue weighted by atomic mass is 10.2. The molecule has 3 rings (SSSR count). The maximum atomic E-state index is 11.9. The molecule has 5 nitrogen and oxygen atoms in total. The monoisotopic (exact) mass is 375 g/mol. The maximum absolute atomic E-state index is 11.9. The number of hydrogen-bond donors (Lipinski definition) is 0. The number of hydrogen-bond acceptors (Lipinski definition) is 4. The normalized spacial score (nSPS) is 12.1. The predicted octanol–water partition coefficient (Wildman–Crippen LogP) is 3.22. The molecule has 0 spiro atoms. The van der Waals surface area contributed by atoms with Crippen LogP contribution in [-0.2, 0) is 10.8 Å². The van der Waals surface area contributed by atoms with Gasteiger partial charge in [0.15, 0.2) is 6.29 Å². The molecule has 0 bridgehead atoms. The number of benzene rings is 1. The number of nitriles is 1. The number of carbonyl (C=O) groups excluding carboxylic acids is 1. The Hall–Kier alpha value is -3.22. The van der Waals surface area contributed by atoms with Crippen LogP contribution in [0.25, 0.3) is 16.7 Å². The van der Waals surface area contributed by atoms with Crippen molar-refractivity contribution in [3.63, 3.8) is 0 Å². The maximum Gasteiger partial charge on any atom is 0.151 e. The van der Waals surface area contributed by atoms with Gasteiger partial charge in [-0.05, 0) is 56.2 Å². The second-order valence-electron chi connectivity index (χ2n) is 6.54. The van der Waals surface area contributed by atoms with Crippen LogP contribution in [-0.4, -0.2) is 31.0 Å². The van der Waals surface area contributed by atoms with Gasteiger partial charge in [-0.1, -0.05) is 5.92 Å². The second-order valence-corrected chi connectivity index (χ2v) is 8.47. The molecule has 0 N–H and O–H groups in total. The van der Waals surface area contributed by atoms with E-state index in [9.17, 15) is 9.00 Å². The van der Waals surface area contributed by atoms with Crippen molar-refractivity contribution in [1.29, 1.82) is 5.26 Å². The number of carbonyl (C=O) groups is 1. The Balaban J connectivity index is 2.25. The molecular weight excluding hydrogens is 358 g/mol. The molecule has 27 heavy (non-hydrogen) atoms. The zero-order valence-corrected chi connectivity index (χ0v) is 16.0. The van der Waals surface area contributed by atoms with Gasteiger partial charge in [0.2, 0.25) is 0 Å². The Morgan fingerprint density at radius 1 is 1.22 bits per heavy atom. The Morgan fingerprint density at radius 3 is 2.52 bits per heavy atom. The fraction of sp³-hybridized carbons (Fsp3) is 0.190. The number of pyridine rings is 1. The van der Waals surface area contributed by atoms with Gasteiger partial charge in [0.1, 0.15) is 10.4 Å². The smallest absolute Gasteiger partial charge is 0.151 e.